The second-order valence-corrected chi connectivity index (χ2v) is 8.09. The van der Waals surface area contributed by atoms with Crippen LogP contribution in [0.2, 0.25) is 0 Å². The van der Waals surface area contributed by atoms with Crippen LogP contribution in [0.3, 0.4) is 0 Å². The molecule has 0 N–H and O–H groups in total. The quantitative estimate of drug-likeness (QED) is 0.710. The minimum absolute atomic E-state index is 0.00381. The minimum Gasteiger partial charge on any atom is -0.295 e. The SMILES string of the molecule is CC1=C(C2=C(C)C(=O)CC(C)(C)C2)CC(C)(C)CC1=O. The topological polar surface area (TPSA) is 34.1 Å². The van der Waals surface area contributed by atoms with E-state index >= 15 is 0 Å². The number of hydrogen-bond acceptors (Lipinski definition) is 2. The Labute approximate surface area is 122 Å². The molecule has 0 saturated heterocycles. The molecule has 0 amide bonds. The van der Waals surface area contributed by atoms with Crippen molar-refractivity contribution in [2.45, 2.75) is 67.2 Å². The van der Waals surface area contributed by atoms with E-state index in [-0.39, 0.29) is 22.4 Å². The lowest BCUT2D eigenvalue weighted by atomic mass is 9.66. The summed E-state index contributed by atoms with van der Waals surface area (Å²) in [6.07, 6.45) is 3.04. The molecule has 2 rings (SSSR count). The molecule has 0 aromatic rings. The van der Waals surface area contributed by atoms with Gasteiger partial charge in [-0.25, -0.2) is 0 Å². The van der Waals surface area contributed by atoms with Crippen molar-refractivity contribution >= 4 is 11.6 Å². The van der Waals surface area contributed by atoms with Crippen molar-refractivity contribution in [1.29, 1.82) is 0 Å². The second-order valence-electron chi connectivity index (χ2n) is 8.09. The van der Waals surface area contributed by atoms with Gasteiger partial charge in [-0.1, -0.05) is 27.7 Å². The first-order valence-electron chi connectivity index (χ1n) is 7.49. The fourth-order valence-electron chi connectivity index (χ4n) is 3.48. The molecule has 0 radical (unpaired) electrons. The first-order valence-corrected chi connectivity index (χ1v) is 7.49. The zero-order chi connectivity index (χ0) is 15.3. The maximum absolute atomic E-state index is 12.2. The van der Waals surface area contributed by atoms with E-state index in [2.05, 4.69) is 27.7 Å². The van der Waals surface area contributed by atoms with Crippen molar-refractivity contribution in [3.8, 4) is 0 Å². The molecular weight excluding hydrogens is 248 g/mol. The highest BCUT2D eigenvalue weighted by Gasteiger charge is 2.37. The van der Waals surface area contributed by atoms with Crippen LogP contribution in [0.25, 0.3) is 0 Å². The van der Waals surface area contributed by atoms with Gasteiger partial charge in [0.15, 0.2) is 11.6 Å². The Balaban J connectivity index is 2.53. The highest BCUT2D eigenvalue weighted by Crippen LogP contribution is 2.46. The summed E-state index contributed by atoms with van der Waals surface area (Å²) in [5, 5.41) is 0. The number of allylic oxidation sites excluding steroid dienone is 4. The Kier molecular flexibility index (Phi) is 3.56. The molecule has 0 saturated carbocycles. The monoisotopic (exact) mass is 274 g/mol. The second kappa shape index (κ2) is 4.68. The predicted octanol–water partition coefficient (Wildman–Crippen LogP) is 4.40. The lowest BCUT2D eigenvalue weighted by Gasteiger charge is -2.37. The summed E-state index contributed by atoms with van der Waals surface area (Å²) in [5.74, 6) is 0.486. The van der Waals surface area contributed by atoms with E-state index in [0.29, 0.717) is 12.8 Å². The van der Waals surface area contributed by atoms with Gasteiger partial charge in [-0.05, 0) is 59.8 Å². The van der Waals surface area contributed by atoms with Gasteiger partial charge in [0.05, 0.1) is 0 Å². The zero-order valence-corrected chi connectivity index (χ0v) is 13.6. The molecule has 0 atom stereocenters. The number of carbonyl (C=O) groups is 2. The summed E-state index contributed by atoms with van der Waals surface area (Å²) < 4.78 is 0. The summed E-state index contributed by atoms with van der Waals surface area (Å²) in [4.78, 5) is 24.5. The molecule has 0 aromatic carbocycles. The van der Waals surface area contributed by atoms with Gasteiger partial charge in [-0.15, -0.1) is 0 Å². The molecule has 2 nitrogen and oxygen atoms in total. The highest BCUT2D eigenvalue weighted by atomic mass is 16.1. The van der Waals surface area contributed by atoms with E-state index in [1.54, 1.807) is 0 Å². The third kappa shape index (κ3) is 2.79. The van der Waals surface area contributed by atoms with Crippen molar-refractivity contribution < 1.29 is 9.59 Å². The Hall–Kier alpha value is -1.18. The number of rotatable bonds is 1. The lowest BCUT2D eigenvalue weighted by molar-refractivity contribution is -0.119. The van der Waals surface area contributed by atoms with E-state index in [9.17, 15) is 9.59 Å². The van der Waals surface area contributed by atoms with Crippen LogP contribution in [-0.2, 0) is 9.59 Å². The zero-order valence-electron chi connectivity index (χ0n) is 13.6. The Bertz CT molecular complexity index is 492. The molecule has 0 fully saturated rings. The predicted molar refractivity (Wildman–Crippen MR) is 81.4 cm³/mol. The molecule has 0 aromatic heterocycles. The van der Waals surface area contributed by atoms with E-state index in [0.717, 1.165) is 35.1 Å². The van der Waals surface area contributed by atoms with Crippen LogP contribution in [-0.4, -0.2) is 11.6 Å². The Morgan fingerprint density at radius 3 is 1.25 bits per heavy atom. The van der Waals surface area contributed by atoms with Crippen LogP contribution in [0, 0.1) is 10.8 Å². The molecule has 0 unspecified atom stereocenters. The highest BCUT2D eigenvalue weighted by molar-refractivity contribution is 6.01. The first kappa shape index (κ1) is 15.2. The van der Waals surface area contributed by atoms with Crippen LogP contribution in [0.5, 0.6) is 0 Å². The average molecular weight is 274 g/mol. The van der Waals surface area contributed by atoms with Crippen LogP contribution in [0.15, 0.2) is 22.3 Å². The van der Waals surface area contributed by atoms with Gasteiger partial charge in [0.25, 0.3) is 0 Å². The molecule has 0 heterocycles. The van der Waals surface area contributed by atoms with Gasteiger partial charge in [0.1, 0.15) is 0 Å². The van der Waals surface area contributed by atoms with Crippen LogP contribution in [0.1, 0.15) is 67.2 Å². The van der Waals surface area contributed by atoms with Gasteiger partial charge in [-0.2, -0.15) is 0 Å². The molecular formula is C18H26O2. The van der Waals surface area contributed by atoms with Gasteiger partial charge < -0.3 is 0 Å². The maximum Gasteiger partial charge on any atom is 0.159 e. The van der Waals surface area contributed by atoms with Crippen LogP contribution >= 0.6 is 0 Å². The van der Waals surface area contributed by atoms with Gasteiger partial charge in [-0.3, -0.25) is 9.59 Å². The fraction of sp³-hybridized carbons (Fsp3) is 0.667. The molecule has 2 aliphatic rings. The number of ketones is 2. The summed E-state index contributed by atoms with van der Waals surface area (Å²) in [7, 11) is 0. The molecule has 110 valence electrons. The lowest BCUT2D eigenvalue weighted by Crippen LogP contribution is -2.30. The maximum atomic E-state index is 12.2. The molecule has 2 heteroatoms. The van der Waals surface area contributed by atoms with Gasteiger partial charge >= 0.3 is 0 Å². The third-order valence-electron chi connectivity index (χ3n) is 4.70. The van der Waals surface area contributed by atoms with E-state index < -0.39 is 0 Å². The van der Waals surface area contributed by atoms with E-state index in [1.807, 2.05) is 13.8 Å². The summed E-state index contributed by atoms with van der Waals surface area (Å²) in [5.41, 5.74) is 4.05. The van der Waals surface area contributed by atoms with Crippen molar-refractivity contribution in [3.05, 3.63) is 22.3 Å². The molecule has 0 bridgehead atoms. The Morgan fingerprint density at radius 2 is 0.950 bits per heavy atom. The average Bonchev–Trinajstić information content (AvgIpc) is 2.27. The molecule has 0 aliphatic heterocycles. The minimum atomic E-state index is 0.00381. The van der Waals surface area contributed by atoms with Crippen molar-refractivity contribution in [2.75, 3.05) is 0 Å². The van der Waals surface area contributed by atoms with E-state index in [4.69, 9.17) is 0 Å². The molecule has 2 aliphatic carbocycles. The van der Waals surface area contributed by atoms with Crippen molar-refractivity contribution in [2.24, 2.45) is 10.8 Å². The first-order chi connectivity index (χ1) is 9.02. The summed E-state index contributed by atoms with van der Waals surface area (Å²) >= 11 is 0. The van der Waals surface area contributed by atoms with Crippen LogP contribution < -0.4 is 0 Å². The van der Waals surface area contributed by atoms with Crippen molar-refractivity contribution in [1.82, 2.24) is 0 Å². The smallest absolute Gasteiger partial charge is 0.159 e. The Morgan fingerprint density at radius 1 is 0.650 bits per heavy atom. The number of hydrogen-bond donors (Lipinski definition) is 0. The van der Waals surface area contributed by atoms with E-state index in [1.165, 1.54) is 0 Å². The summed E-state index contributed by atoms with van der Waals surface area (Å²) in [6, 6.07) is 0. The van der Waals surface area contributed by atoms with Gasteiger partial charge in [0, 0.05) is 12.8 Å². The third-order valence-corrected chi connectivity index (χ3v) is 4.70. The molecule has 20 heavy (non-hydrogen) atoms. The summed E-state index contributed by atoms with van der Waals surface area (Å²) in [6.45, 7) is 12.4. The number of carbonyl (C=O) groups excluding carboxylic acids is 2. The van der Waals surface area contributed by atoms with Crippen molar-refractivity contribution in [3.63, 3.8) is 0 Å². The van der Waals surface area contributed by atoms with Crippen LogP contribution in [0.4, 0.5) is 0 Å². The normalized spacial score (nSPS) is 26.3. The number of Topliss-reactive ketones (excluding diaryl/α,β-unsaturated/α-hetero) is 2. The fourth-order valence-corrected chi connectivity index (χ4v) is 3.48. The van der Waals surface area contributed by atoms with Gasteiger partial charge in [0.2, 0.25) is 0 Å². The molecule has 0 spiro atoms. The largest absolute Gasteiger partial charge is 0.295 e. The standard InChI is InChI=1S/C18H26O2/c1-11-13(7-17(3,4)9-15(11)19)14-8-18(5,6)10-16(20)12(14)2/h7-10H2,1-6H3.